The van der Waals surface area contributed by atoms with Crippen LogP contribution in [0.25, 0.3) is 0 Å². The summed E-state index contributed by atoms with van der Waals surface area (Å²) in [5.74, 6) is -0.940. The van der Waals surface area contributed by atoms with E-state index >= 15 is 0 Å². The Morgan fingerprint density at radius 1 is 0.939 bits per heavy atom. The van der Waals surface area contributed by atoms with Crippen molar-refractivity contribution in [1.29, 1.82) is 0 Å². The van der Waals surface area contributed by atoms with Gasteiger partial charge < -0.3 is 16.0 Å². The van der Waals surface area contributed by atoms with Crippen molar-refractivity contribution in [1.82, 2.24) is 9.78 Å². The van der Waals surface area contributed by atoms with E-state index in [1.807, 2.05) is 18.5 Å². The zero-order chi connectivity index (χ0) is 24.0. The van der Waals surface area contributed by atoms with Crippen LogP contribution in [0, 0.1) is 13.8 Å². The van der Waals surface area contributed by atoms with E-state index in [-0.39, 0.29) is 17.7 Å². The predicted molar refractivity (Wildman–Crippen MR) is 130 cm³/mol. The average Bonchev–Trinajstić information content (AvgIpc) is 3.05. The zero-order valence-electron chi connectivity index (χ0n) is 19.4. The van der Waals surface area contributed by atoms with E-state index in [4.69, 9.17) is 0 Å². The van der Waals surface area contributed by atoms with Crippen LogP contribution in [0.5, 0.6) is 0 Å². The minimum atomic E-state index is -0.388. The van der Waals surface area contributed by atoms with Crippen LogP contribution in [0.2, 0.25) is 0 Å². The molecule has 1 aromatic heterocycles. The van der Waals surface area contributed by atoms with E-state index in [9.17, 15) is 14.4 Å². The Bertz CT molecular complexity index is 1180. The fraction of sp³-hybridized carbons (Fsp3) is 0.280. The van der Waals surface area contributed by atoms with E-state index in [0.29, 0.717) is 28.2 Å². The standard InChI is InChI=1S/C25H29N5O3/c1-5-6-14-30-17(3)23(16(2)29-30)28-24(32)19-10-9-11-20(15-19)27-25(33)21-12-7-8-13-22(21)26-18(4)31/h7-13,15H,5-6,14H2,1-4H3,(H,26,31)(H,27,33)(H,28,32). The molecule has 33 heavy (non-hydrogen) atoms. The van der Waals surface area contributed by atoms with Gasteiger partial charge in [-0.25, -0.2) is 0 Å². The largest absolute Gasteiger partial charge is 0.326 e. The number of hydrogen-bond donors (Lipinski definition) is 3. The summed E-state index contributed by atoms with van der Waals surface area (Å²) in [6.45, 7) is 8.12. The first-order chi connectivity index (χ1) is 15.8. The zero-order valence-corrected chi connectivity index (χ0v) is 19.4. The van der Waals surface area contributed by atoms with Crippen molar-refractivity contribution in [2.45, 2.75) is 47.1 Å². The number of benzene rings is 2. The van der Waals surface area contributed by atoms with Gasteiger partial charge in [-0.1, -0.05) is 31.5 Å². The van der Waals surface area contributed by atoms with Crippen molar-refractivity contribution in [2.24, 2.45) is 0 Å². The summed E-state index contributed by atoms with van der Waals surface area (Å²) in [5.41, 5.74) is 4.00. The monoisotopic (exact) mass is 447 g/mol. The second kappa shape index (κ2) is 10.6. The summed E-state index contributed by atoms with van der Waals surface area (Å²) in [7, 11) is 0. The molecule has 0 unspecified atom stereocenters. The molecule has 3 amide bonds. The Morgan fingerprint density at radius 2 is 1.70 bits per heavy atom. The number of carbonyl (C=O) groups is 3. The van der Waals surface area contributed by atoms with Crippen LogP contribution < -0.4 is 16.0 Å². The molecule has 0 fully saturated rings. The van der Waals surface area contributed by atoms with Crippen LogP contribution in [0.1, 0.15) is 58.8 Å². The van der Waals surface area contributed by atoms with Crippen molar-refractivity contribution in [3.05, 3.63) is 71.0 Å². The molecule has 172 valence electrons. The summed E-state index contributed by atoms with van der Waals surface area (Å²) in [4.78, 5) is 37.1. The molecule has 0 aliphatic heterocycles. The molecule has 0 bridgehead atoms. The first kappa shape index (κ1) is 23.7. The molecule has 3 N–H and O–H groups in total. The number of para-hydroxylation sites is 1. The fourth-order valence-corrected chi connectivity index (χ4v) is 3.51. The third kappa shape index (κ3) is 5.85. The molecule has 0 saturated carbocycles. The minimum absolute atomic E-state index is 0.266. The van der Waals surface area contributed by atoms with Crippen LogP contribution in [-0.4, -0.2) is 27.5 Å². The number of unbranched alkanes of at least 4 members (excludes halogenated alkanes) is 1. The smallest absolute Gasteiger partial charge is 0.257 e. The molecule has 3 rings (SSSR count). The highest BCUT2D eigenvalue weighted by Gasteiger charge is 2.17. The number of aromatic nitrogens is 2. The fourth-order valence-electron chi connectivity index (χ4n) is 3.51. The van der Waals surface area contributed by atoms with Crippen LogP contribution in [0.3, 0.4) is 0 Å². The normalized spacial score (nSPS) is 10.5. The number of carbonyl (C=O) groups excluding carboxylic acids is 3. The lowest BCUT2D eigenvalue weighted by molar-refractivity contribution is -0.114. The van der Waals surface area contributed by atoms with Gasteiger partial charge in [0, 0.05) is 24.7 Å². The summed E-state index contributed by atoms with van der Waals surface area (Å²) in [5, 5.41) is 12.9. The number of hydrogen-bond acceptors (Lipinski definition) is 4. The molecule has 8 heteroatoms. The van der Waals surface area contributed by atoms with Crippen LogP contribution >= 0.6 is 0 Å². The topological polar surface area (TPSA) is 105 Å². The first-order valence-electron chi connectivity index (χ1n) is 10.9. The third-order valence-electron chi connectivity index (χ3n) is 5.21. The quantitative estimate of drug-likeness (QED) is 0.463. The Hall–Kier alpha value is -3.94. The molecule has 0 spiro atoms. The van der Waals surface area contributed by atoms with Gasteiger partial charge in [0.15, 0.2) is 0 Å². The summed E-state index contributed by atoms with van der Waals surface area (Å²) >= 11 is 0. The van der Waals surface area contributed by atoms with Gasteiger partial charge in [-0.2, -0.15) is 5.10 Å². The van der Waals surface area contributed by atoms with Gasteiger partial charge in [-0.3, -0.25) is 19.1 Å². The molecule has 0 saturated heterocycles. The van der Waals surface area contributed by atoms with Crippen molar-refractivity contribution in [3.8, 4) is 0 Å². The Balaban J connectivity index is 1.75. The summed E-state index contributed by atoms with van der Waals surface area (Å²) < 4.78 is 1.91. The molecule has 0 radical (unpaired) electrons. The van der Waals surface area contributed by atoms with Gasteiger partial charge in [-0.15, -0.1) is 0 Å². The molecular weight excluding hydrogens is 418 g/mol. The van der Waals surface area contributed by atoms with Gasteiger partial charge in [0.1, 0.15) is 0 Å². The number of nitrogens with zero attached hydrogens (tertiary/aromatic N) is 2. The molecule has 3 aromatic rings. The number of anilines is 3. The van der Waals surface area contributed by atoms with Crippen molar-refractivity contribution in [2.75, 3.05) is 16.0 Å². The lowest BCUT2D eigenvalue weighted by Crippen LogP contribution is -2.17. The maximum atomic E-state index is 12.9. The lowest BCUT2D eigenvalue weighted by Gasteiger charge is -2.11. The second-order valence-electron chi connectivity index (χ2n) is 7.84. The molecule has 2 aromatic carbocycles. The van der Waals surface area contributed by atoms with Crippen molar-refractivity contribution < 1.29 is 14.4 Å². The Kier molecular flexibility index (Phi) is 7.61. The van der Waals surface area contributed by atoms with Crippen LogP contribution in [0.4, 0.5) is 17.1 Å². The predicted octanol–water partition coefficient (Wildman–Crippen LogP) is 4.76. The highest BCUT2D eigenvalue weighted by atomic mass is 16.2. The summed E-state index contributed by atoms with van der Waals surface area (Å²) in [6.07, 6.45) is 2.08. The maximum Gasteiger partial charge on any atom is 0.257 e. The van der Waals surface area contributed by atoms with E-state index in [2.05, 4.69) is 28.0 Å². The highest BCUT2D eigenvalue weighted by Crippen LogP contribution is 2.22. The second-order valence-corrected chi connectivity index (χ2v) is 7.84. The number of amides is 3. The summed E-state index contributed by atoms with van der Waals surface area (Å²) in [6, 6.07) is 13.4. The Morgan fingerprint density at radius 3 is 2.42 bits per heavy atom. The molecule has 0 aliphatic rings. The van der Waals surface area contributed by atoms with E-state index in [1.54, 1.807) is 48.5 Å². The molecular formula is C25H29N5O3. The van der Waals surface area contributed by atoms with E-state index < -0.39 is 0 Å². The van der Waals surface area contributed by atoms with Gasteiger partial charge in [0.25, 0.3) is 11.8 Å². The van der Waals surface area contributed by atoms with Gasteiger partial charge in [0.2, 0.25) is 5.91 Å². The molecule has 0 atom stereocenters. The third-order valence-corrected chi connectivity index (χ3v) is 5.21. The first-order valence-corrected chi connectivity index (χ1v) is 10.9. The number of aryl methyl sites for hydroxylation is 2. The minimum Gasteiger partial charge on any atom is -0.326 e. The number of rotatable bonds is 8. The molecule has 8 nitrogen and oxygen atoms in total. The average molecular weight is 448 g/mol. The van der Waals surface area contributed by atoms with Gasteiger partial charge in [0.05, 0.1) is 28.3 Å². The van der Waals surface area contributed by atoms with E-state index in [0.717, 1.165) is 30.8 Å². The molecule has 0 aliphatic carbocycles. The van der Waals surface area contributed by atoms with Gasteiger partial charge in [-0.05, 0) is 50.6 Å². The van der Waals surface area contributed by atoms with Crippen molar-refractivity contribution >= 4 is 34.8 Å². The lowest BCUT2D eigenvalue weighted by atomic mass is 10.1. The Labute approximate surface area is 193 Å². The highest BCUT2D eigenvalue weighted by molar-refractivity contribution is 6.11. The van der Waals surface area contributed by atoms with Crippen LogP contribution in [-0.2, 0) is 11.3 Å². The van der Waals surface area contributed by atoms with E-state index in [1.165, 1.54) is 6.92 Å². The van der Waals surface area contributed by atoms with Crippen molar-refractivity contribution in [3.63, 3.8) is 0 Å². The maximum absolute atomic E-state index is 12.9. The molecule has 1 heterocycles. The van der Waals surface area contributed by atoms with Crippen LogP contribution in [0.15, 0.2) is 48.5 Å². The SMILES string of the molecule is CCCCn1nc(C)c(NC(=O)c2cccc(NC(=O)c3ccccc3NC(C)=O)c2)c1C. The number of nitrogens with one attached hydrogen (secondary N) is 3. The van der Waals surface area contributed by atoms with Gasteiger partial charge >= 0.3 is 0 Å².